The first-order chi connectivity index (χ1) is 14.0. The molecule has 1 amide bonds. The molecule has 0 spiro atoms. The second-order valence-electron chi connectivity index (χ2n) is 6.89. The molecule has 2 N–H and O–H groups in total. The molecule has 0 fully saturated rings. The van der Waals surface area contributed by atoms with Gasteiger partial charge in [0.1, 0.15) is 17.1 Å². The number of carbonyl (C=O) groups is 1. The smallest absolute Gasteiger partial charge is 0.277 e. The van der Waals surface area contributed by atoms with Gasteiger partial charge in [-0.3, -0.25) is 14.3 Å². The number of hydrogen-bond donors (Lipinski definition) is 2. The zero-order valence-corrected chi connectivity index (χ0v) is 17.3. The molecule has 3 rings (SSSR count). The lowest BCUT2D eigenvalue weighted by Crippen LogP contribution is -2.13. The van der Waals surface area contributed by atoms with Crippen LogP contribution in [0.25, 0.3) is 22.4 Å². The molecule has 0 aliphatic heterocycles. The van der Waals surface area contributed by atoms with Gasteiger partial charge in [0.2, 0.25) is 5.91 Å². The number of aryl methyl sites for hydroxylation is 2. The summed E-state index contributed by atoms with van der Waals surface area (Å²) >= 11 is 0. The third kappa shape index (κ3) is 4.31. The number of nitrogens with zero attached hydrogens (tertiary/aromatic N) is 3. The normalized spacial score (nSPS) is 11.0. The van der Waals surface area contributed by atoms with Gasteiger partial charge in [-0.15, -0.1) is 0 Å². The summed E-state index contributed by atoms with van der Waals surface area (Å²) in [6, 6.07) is 5.35. The van der Waals surface area contributed by atoms with Crippen molar-refractivity contribution in [2.75, 3.05) is 11.9 Å². The highest BCUT2D eigenvalue weighted by Gasteiger charge is 2.18. The summed E-state index contributed by atoms with van der Waals surface area (Å²) in [5.41, 5.74) is 2.83. The second-order valence-corrected chi connectivity index (χ2v) is 6.89. The molecular formula is C21H27N5O3. The summed E-state index contributed by atoms with van der Waals surface area (Å²) in [4.78, 5) is 32.2. The van der Waals surface area contributed by atoms with Gasteiger partial charge in [-0.1, -0.05) is 27.2 Å². The molecule has 0 aliphatic carbocycles. The van der Waals surface area contributed by atoms with Crippen molar-refractivity contribution < 1.29 is 9.53 Å². The van der Waals surface area contributed by atoms with Crippen LogP contribution in [-0.4, -0.2) is 32.3 Å². The Bertz CT molecular complexity index is 1080. The summed E-state index contributed by atoms with van der Waals surface area (Å²) in [6.45, 7) is 6.41. The minimum Gasteiger partial charge on any atom is -0.493 e. The Hall–Kier alpha value is -3.16. The lowest BCUT2D eigenvalue weighted by atomic mass is 10.1. The second kappa shape index (κ2) is 8.89. The summed E-state index contributed by atoms with van der Waals surface area (Å²) in [7, 11) is 1.74. The fourth-order valence-electron chi connectivity index (χ4n) is 3.16. The molecule has 0 aliphatic rings. The molecule has 1 aromatic carbocycles. The van der Waals surface area contributed by atoms with Crippen LogP contribution in [0.1, 0.15) is 45.7 Å². The van der Waals surface area contributed by atoms with Gasteiger partial charge in [-0.05, 0) is 31.0 Å². The van der Waals surface area contributed by atoms with E-state index >= 15 is 0 Å². The zero-order chi connectivity index (χ0) is 21.0. The van der Waals surface area contributed by atoms with Crippen LogP contribution in [0.2, 0.25) is 0 Å². The van der Waals surface area contributed by atoms with Crippen molar-refractivity contribution in [2.45, 2.75) is 46.5 Å². The first-order valence-corrected chi connectivity index (χ1v) is 10.0. The molecule has 2 heterocycles. The van der Waals surface area contributed by atoms with Crippen LogP contribution in [0, 0.1) is 0 Å². The molecule has 0 saturated carbocycles. The van der Waals surface area contributed by atoms with Crippen LogP contribution in [0.3, 0.4) is 0 Å². The number of hydrogen-bond acceptors (Lipinski definition) is 5. The van der Waals surface area contributed by atoms with Gasteiger partial charge in [0.05, 0.1) is 17.9 Å². The average Bonchev–Trinajstić information content (AvgIpc) is 3.03. The van der Waals surface area contributed by atoms with Gasteiger partial charge in [-0.25, -0.2) is 4.98 Å². The quantitative estimate of drug-likeness (QED) is 0.606. The van der Waals surface area contributed by atoms with Gasteiger partial charge in [0.15, 0.2) is 5.52 Å². The standard InChI is InChI=1S/C21H27N5O3/c1-5-8-15-18-19(26(4)25-15)21(28)24-20(23-18)14-12-13(22-17(27)7-3)9-10-16(14)29-11-6-2/h9-10,12H,5-8,11H2,1-4H3,(H,22,27)(H,23,24,28). The third-order valence-electron chi connectivity index (χ3n) is 4.55. The Morgan fingerprint density at radius 3 is 2.72 bits per heavy atom. The highest BCUT2D eigenvalue weighted by atomic mass is 16.5. The topological polar surface area (TPSA) is 102 Å². The van der Waals surface area contributed by atoms with E-state index in [9.17, 15) is 9.59 Å². The highest BCUT2D eigenvalue weighted by molar-refractivity contribution is 5.91. The predicted octanol–water partition coefficient (Wildman–Crippen LogP) is 3.41. The van der Waals surface area contributed by atoms with Crippen molar-refractivity contribution in [3.63, 3.8) is 0 Å². The SMILES string of the molecule is CCCOc1ccc(NC(=O)CC)cc1-c1nc2c(CCC)nn(C)c2c(=O)[nH]1. The number of anilines is 1. The molecule has 0 atom stereocenters. The van der Waals surface area contributed by atoms with Crippen LogP contribution in [0.5, 0.6) is 5.75 Å². The van der Waals surface area contributed by atoms with Crippen molar-refractivity contribution in [3.8, 4) is 17.1 Å². The van der Waals surface area contributed by atoms with Gasteiger partial charge < -0.3 is 15.0 Å². The van der Waals surface area contributed by atoms with E-state index in [1.54, 1.807) is 36.9 Å². The number of aromatic amines is 1. The Morgan fingerprint density at radius 2 is 2.03 bits per heavy atom. The number of carbonyl (C=O) groups excluding carboxylic acids is 1. The van der Waals surface area contributed by atoms with E-state index in [2.05, 4.69) is 22.3 Å². The maximum atomic E-state index is 12.8. The molecule has 3 aromatic rings. The summed E-state index contributed by atoms with van der Waals surface area (Å²) in [6.07, 6.45) is 2.86. The molecule has 0 radical (unpaired) electrons. The minimum atomic E-state index is -0.258. The fourth-order valence-corrected chi connectivity index (χ4v) is 3.16. The average molecular weight is 397 g/mol. The number of ether oxygens (including phenoxy) is 1. The molecule has 8 nitrogen and oxygen atoms in total. The van der Waals surface area contributed by atoms with Gasteiger partial charge in [-0.2, -0.15) is 5.10 Å². The van der Waals surface area contributed by atoms with Crippen LogP contribution in [0.15, 0.2) is 23.0 Å². The van der Waals surface area contributed by atoms with Crippen LogP contribution in [-0.2, 0) is 18.3 Å². The van der Waals surface area contributed by atoms with E-state index in [0.717, 1.165) is 25.0 Å². The Labute approximate surface area is 169 Å². The van der Waals surface area contributed by atoms with Crippen molar-refractivity contribution in [3.05, 3.63) is 34.2 Å². The number of aromatic nitrogens is 4. The van der Waals surface area contributed by atoms with E-state index in [0.29, 0.717) is 46.9 Å². The number of nitrogens with one attached hydrogen (secondary N) is 2. The van der Waals surface area contributed by atoms with E-state index in [1.165, 1.54) is 0 Å². The highest BCUT2D eigenvalue weighted by Crippen LogP contribution is 2.31. The lowest BCUT2D eigenvalue weighted by molar-refractivity contribution is -0.115. The molecule has 8 heteroatoms. The first kappa shape index (κ1) is 20.6. The molecule has 2 aromatic heterocycles. The van der Waals surface area contributed by atoms with Crippen molar-refractivity contribution in [1.29, 1.82) is 0 Å². The maximum absolute atomic E-state index is 12.8. The van der Waals surface area contributed by atoms with Gasteiger partial charge in [0.25, 0.3) is 5.56 Å². The lowest BCUT2D eigenvalue weighted by Gasteiger charge is -2.13. The molecule has 0 saturated heterocycles. The van der Waals surface area contributed by atoms with Crippen LogP contribution < -0.4 is 15.6 Å². The Morgan fingerprint density at radius 1 is 1.24 bits per heavy atom. The molecule has 154 valence electrons. The number of rotatable bonds is 8. The first-order valence-electron chi connectivity index (χ1n) is 10.0. The van der Waals surface area contributed by atoms with Crippen LogP contribution >= 0.6 is 0 Å². The monoisotopic (exact) mass is 397 g/mol. The van der Waals surface area contributed by atoms with E-state index in [-0.39, 0.29) is 11.5 Å². The number of benzene rings is 1. The number of fused-ring (bicyclic) bond motifs is 1. The van der Waals surface area contributed by atoms with E-state index in [4.69, 9.17) is 9.72 Å². The maximum Gasteiger partial charge on any atom is 0.277 e. The van der Waals surface area contributed by atoms with E-state index < -0.39 is 0 Å². The van der Waals surface area contributed by atoms with Crippen molar-refractivity contribution in [2.24, 2.45) is 7.05 Å². The fraction of sp³-hybridized carbons (Fsp3) is 0.429. The molecular weight excluding hydrogens is 370 g/mol. The zero-order valence-electron chi connectivity index (χ0n) is 17.3. The summed E-state index contributed by atoms with van der Waals surface area (Å²) in [5.74, 6) is 0.906. The Kier molecular flexibility index (Phi) is 6.31. The Balaban J connectivity index is 2.17. The largest absolute Gasteiger partial charge is 0.493 e. The van der Waals surface area contributed by atoms with Gasteiger partial charge >= 0.3 is 0 Å². The summed E-state index contributed by atoms with van der Waals surface area (Å²) in [5, 5.41) is 7.30. The number of H-pyrrole nitrogens is 1. The minimum absolute atomic E-state index is 0.0902. The van der Waals surface area contributed by atoms with Gasteiger partial charge in [0, 0.05) is 19.2 Å². The van der Waals surface area contributed by atoms with E-state index in [1.807, 2.05) is 6.92 Å². The predicted molar refractivity (Wildman–Crippen MR) is 113 cm³/mol. The van der Waals surface area contributed by atoms with Crippen molar-refractivity contribution in [1.82, 2.24) is 19.7 Å². The molecule has 29 heavy (non-hydrogen) atoms. The van der Waals surface area contributed by atoms with Crippen LogP contribution in [0.4, 0.5) is 5.69 Å². The number of amides is 1. The third-order valence-corrected chi connectivity index (χ3v) is 4.55. The van der Waals surface area contributed by atoms with Crippen molar-refractivity contribution >= 4 is 22.6 Å². The molecule has 0 unspecified atom stereocenters. The summed E-state index contributed by atoms with van der Waals surface area (Å²) < 4.78 is 7.44. The molecule has 0 bridgehead atoms.